The van der Waals surface area contributed by atoms with Gasteiger partial charge in [-0.05, 0) is 96.3 Å². The molecule has 11 nitrogen and oxygen atoms in total. The molecule has 0 aliphatic carbocycles. The van der Waals surface area contributed by atoms with Crippen molar-refractivity contribution < 1.29 is 52.2 Å². The summed E-state index contributed by atoms with van der Waals surface area (Å²) in [6.07, 6.45) is 77.0. The quantitative estimate of drug-likeness (QED) is 0.0197. The van der Waals surface area contributed by atoms with Gasteiger partial charge in [0.2, 0.25) is 0 Å². The smallest absolute Gasteiger partial charge is 0.462 e. The van der Waals surface area contributed by atoms with Gasteiger partial charge in [-0.25, -0.2) is 4.57 Å². The van der Waals surface area contributed by atoms with E-state index in [2.05, 4.69) is 93.7 Å². The van der Waals surface area contributed by atoms with Crippen LogP contribution in [0.4, 0.5) is 0 Å². The van der Waals surface area contributed by atoms with Crippen molar-refractivity contribution in [1.82, 2.24) is 0 Å². The average Bonchev–Trinajstić information content (AvgIpc) is 3.55. The summed E-state index contributed by atoms with van der Waals surface area (Å²) in [4.78, 5) is 48.9. The first-order valence-electron chi connectivity index (χ1n) is 34.8. The van der Waals surface area contributed by atoms with Gasteiger partial charge in [-0.15, -0.1) is 0 Å². The number of unbranched alkanes of at least 4 members (excludes halogenated alkanes) is 36. The molecule has 0 aromatic heterocycles. The number of aliphatic hydroxyl groups excluding tert-OH is 1. The van der Waals surface area contributed by atoms with Gasteiger partial charge in [0.05, 0.1) is 19.8 Å². The second-order valence-electron chi connectivity index (χ2n) is 23.3. The van der Waals surface area contributed by atoms with Crippen molar-refractivity contribution in [2.24, 2.45) is 0 Å². The third-order valence-corrected chi connectivity index (χ3v) is 16.1. The van der Waals surface area contributed by atoms with E-state index in [1.165, 1.54) is 148 Å². The van der Waals surface area contributed by atoms with Crippen molar-refractivity contribution in [2.45, 2.75) is 341 Å². The molecule has 488 valence electrons. The monoisotopic (exact) mass is 1200 g/mol. The molecule has 0 fully saturated rings. The van der Waals surface area contributed by atoms with Gasteiger partial charge in [-0.3, -0.25) is 23.4 Å². The van der Waals surface area contributed by atoms with Gasteiger partial charge in [0, 0.05) is 19.3 Å². The number of carbonyl (C=O) groups is 3. The van der Waals surface area contributed by atoms with Crippen LogP contribution in [0, 0.1) is 0 Å². The summed E-state index contributed by atoms with van der Waals surface area (Å²) < 4.78 is 39.8. The van der Waals surface area contributed by atoms with Crippen molar-refractivity contribution in [3.8, 4) is 0 Å². The van der Waals surface area contributed by atoms with Crippen molar-refractivity contribution in [3.05, 3.63) is 72.9 Å². The van der Waals surface area contributed by atoms with Gasteiger partial charge in [-0.2, -0.15) is 0 Å². The first-order chi connectivity index (χ1) is 41.2. The van der Waals surface area contributed by atoms with Gasteiger partial charge in [0.15, 0.2) is 6.10 Å². The predicted molar refractivity (Wildman–Crippen MR) is 353 cm³/mol. The Bertz CT molecular complexity index is 1690. The molecule has 0 saturated heterocycles. The van der Waals surface area contributed by atoms with Crippen LogP contribution < -0.4 is 0 Å². The molecule has 2 N–H and O–H groups in total. The summed E-state index contributed by atoms with van der Waals surface area (Å²) in [6, 6.07) is 0. The SMILES string of the molecule is CCCCC/C=C\C/C=C\C/C=C\CCCCCCCCC(=O)OCC(COP(=O)(O)OCC(CO)OC(=O)CCCCCCCCCCCCCCCCCCCCC)OC(=O)CCCCCCCC/C=C\C/C=C\C/C=C\CCCCC. The Hall–Kier alpha value is -3.08. The highest BCUT2D eigenvalue weighted by molar-refractivity contribution is 7.47. The fraction of sp³-hybridized carbons (Fsp3) is 0.792. The Balaban J connectivity index is 4.70. The maximum Gasteiger partial charge on any atom is 0.472 e. The number of ether oxygens (including phenoxy) is 3. The van der Waals surface area contributed by atoms with Crippen LogP contribution in [0.25, 0.3) is 0 Å². The number of rotatable bonds is 65. The zero-order valence-electron chi connectivity index (χ0n) is 54.4. The minimum absolute atomic E-state index is 0.150. The molecule has 0 aromatic carbocycles. The molecule has 3 unspecified atom stereocenters. The third-order valence-electron chi connectivity index (χ3n) is 15.1. The van der Waals surface area contributed by atoms with Crippen LogP contribution in [0.5, 0.6) is 0 Å². The molecule has 0 radical (unpaired) electrons. The van der Waals surface area contributed by atoms with Gasteiger partial charge >= 0.3 is 25.7 Å². The molecule has 0 rings (SSSR count). The Morgan fingerprint density at radius 2 is 0.583 bits per heavy atom. The third kappa shape index (κ3) is 63.4. The highest BCUT2D eigenvalue weighted by atomic mass is 31.2. The fourth-order valence-corrected chi connectivity index (χ4v) is 10.6. The Labute approximate surface area is 516 Å². The summed E-state index contributed by atoms with van der Waals surface area (Å²) in [6.45, 7) is 4.63. The van der Waals surface area contributed by atoms with E-state index in [1.807, 2.05) is 0 Å². The molecular weight excluding hydrogens is 1070 g/mol. The maximum atomic E-state index is 13.0. The van der Waals surface area contributed by atoms with E-state index in [9.17, 15) is 28.9 Å². The largest absolute Gasteiger partial charge is 0.472 e. The van der Waals surface area contributed by atoms with Gasteiger partial charge in [0.1, 0.15) is 12.7 Å². The second kappa shape index (κ2) is 65.9. The predicted octanol–water partition coefficient (Wildman–Crippen LogP) is 21.6. The van der Waals surface area contributed by atoms with E-state index < -0.39 is 57.8 Å². The van der Waals surface area contributed by atoms with Gasteiger partial charge < -0.3 is 24.2 Å². The topological polar surface area (TPSA) is 155 Å². The number of phosphoric ester groups is 1. The number of carbonyl (C=O) groups excluding carboxylic acids is 3. The summed E-state index contributed by atoms with van der Waals surface area (Å²) in [5, 5.41) is 9.88. The van der Waals surface area contributed by atoms with Crippen molar-refractivity contribution in [1.29, 1.82) is 0 Å². The summed E-state index contributed by atoms with van der Waals surface area (Å²) in [7, 11) is -4.76. The summed E-state index contributed by atoms with van der Waals surface area (Å²) in [5.74, 6) is -1.48. The molecule has 0 spiro atoms. The summed E-state index contributed by atoms with van der Waals surface area (Å²) in [5.41, 5.74) is 0. The molecule has 0 aliphatic heterocycles. The lowest BCUT2D eigenvalue weighted by Gasteiger charge is -2.21. The zero-order chi connectivity index (χ0) is 61.2. The molecule has 0 aromatic rings. The molecule has 0 saturated carbocycles. The highest BCUT2D eigenvalue weighted by Crippen LogP contribution is 2.43. The first-order valence-corrected chi connectivity index (χ1v) is 36.3. The lowest BCUT2D eigenvalue weighted by atomic mass is 10.0. The van der Waals surface area contributed by atoms with E-state index in [0.29, 0.717) is 19.3 Å². The zero-order valence-corrected chi connectivity index (χ0v) is 55.3. The maximum absolute atomic E-state index is 13.0. The van der Waals surface area contributed by atoms with Crippen LogP contribution in [0.3, 0.4) is 0 Å². The average molecular weight is 1200 g/mol. The van der Waals surface area contributed by atoms with Crippen molar-refractivity contribution >= 4 is 25.7 Å². The fourth-order valence-electron chi connectivity index (χ4n) is 9.78. The van der Waals surface area contributed by atoms with Crippen LogP contribution in [-0.2, 0) is 42.2 Å². The number of hydrogen-bond donors (Lipinski definition) is 2. The number of allylic oxidation sites excluding steroid dienone is 12. The number of phosphoric acid groups is 1. The molecule has 0 amide bonds. The Morgan fingerprint density at radius 1 is 0.333 bits per heavy atom. The molecule has 12 heteroatoms. The van der Waals surface area contributed by atoms with Crippen LogP contribution >= 0.6 is 7.82 Å². The van der Waals surface area contributed by atoms with Crippen LogP contribution in [-0.4, -0.2) is 66.5 Å². The molecular formula is C72H129O11P. The van der Waals surface area contributed by atoms with Crippen molar-refractivity contribution in [2.75, 3.05) is 26.4 Å². The van der Waals surface area contributed by atoms with Crippen LogP contribution in [0.1, 0.15) is 329 Å². The standard InChI is InChI=1S/C72H129O11P/c1-4-7-10-13-16-19-22-25-28-31-34-37-40-43-46-49-52-55-58-61-70(74)79-65-69(83-72(76)63-60-57-54-51-48-45-42-39-36-33-30-27-24-21-18-15-12-9-6-3)67-81-84(77,78)80-66-68(64-73)82-71(75)62-59-56-53-50-47-44-41-38-35-32-29-26-23-20-17-14-11-8-5-2/h16,18-19,21,25,27-28,30,34,36-37,39,68-69,73H,4-15,17,20,22-24,26,29,31-33,35,38,40-67H2,1-3H3,(H,77,78)/b19-16-,21-18-,28-25-,30-27-,37-34-,39-36-. The summed E-state index contributed by atoms with van der Waals surface area (Å²) >= 11 is 0. The molecule has 0 bridgehead atoms. The van der Waals surface area contributed by atoms with Gasteiger partial charge in [-0.1, -0.05) is 286 Å². The minimum atomic E-state index is -4.76. The molecule has 0 aliphatic rings. The lowest BCUT2D eigenvalue weighted by molar-refractivity contribution is -0.161. The van der Waals surface area contributed by atoms with Crippen LogP contribution in [0.2, 0.25) is 0 Å². The van der Waals surface area contributed by atoms with E-state index in [0.717, 1.165) is 122 Å². The number of hydrogen-bond acceptors (Lipinski definition) is 10. The van der Waals surface area contributed by atoms with E-state index in [1.54, 1.807) is 0 Å². The second-order valence-corrected chi connectivity index (χ2v) is 24.8. The minimum Gasteiger partial charge on any atom is -0.462 e. The molecule has 84 heavy (non-hydrogen) atoms. The first kappa shape index (κ1) is 80.9. The molecule has 0 heterocycles. The van der Waals surface area contributed by atoms with Crippen molar-refractivity contribution in [3.63, 3.8) is 0 Å². The Kier molecular flexibility index (Phi) is 63.5. The normalized spacial score (nSPS) is 13.6. The van der Waals surface area contributed by atoms with Crippen LogP contribution in [0.15, 0.2) is 72.9 Å². The van der Waals surface area contributed by atoms with E-state index >= 15 is 0 Å². The number of aliphatic hydroxyl groups is 1. The number of esters is 3. The van der Waals surface area contributed by atoms with E-state index in [-0.39, 0.29) is 25.9 Å². The Morgan fingerprint density at radius 3 is 0.917 bits per heavy atom. The van der Waals surface area contributed by atoms with E-state index in [4.69, 9.17) is 23.3 Å². The highest BCUT2D eigenvalue weighted by Gasteiger charge is 2.28. The lowest BCUT2D eigenvalue weighted by Crippen LogP contribution is -2.30. The molecule has 3 atom stereocenters. The van der Waals surface area contributed by atoms with Gasteiger partial charge in [0.25, 0.3) is 0 Å².